The predicted octanol–water partition coefficient (Wildman–Crippen LogP) is 4.41. The van der Waals surface area contributed by atoms with E-state index in [4.69, 9.17) is 0 Å². The Balaban J connectivity index is 0.00000341. The second-order valence-electron chi connectivity index (χ2n) is 7.25. The van der Waals surface area contributed by atoms with E-state index in [9.17, 15) is 9.18 Å². The molecule has 2 N–H and O–H groups in total. The van der Waals surface area contributed by atoms with Crippen molar-refractivity contribution in [2.75, 3.05) is 25.9 Å². The van der Waals surface area contributed by atoms with Gasteiger partial charge in [-0.15, -0.1) is 35.7 Å². The fourth-order valence-corrected chi connectivity index (χ4v) is 4.19. The molecule has 8 heteroatoms. The van der Waals surface area contributed by atoms with Crippen molar-refractivity contribution in [3.63, 3.8) is 0 Å². The minimum atomic E-state index is -0.203. The number of amides is 1. The molecule has 1 aliphatic heterocycles. The smallest absolute Gasteiger partial charge is 0.222 e. The molecular formula is C23H30FIN4OS. The molecule has 1 fully saturated rings. The Labute approximate surface area is 205 Å². The molecule has 0 aromatic heterocycles. The third-order valence-corrected chi connectivity index (χ3v) is 6.01. The minimum absolute atomic E-state index is 0. The molecule has 0 unspecified atom stereocenters. The second kappa shape index (κ2) is 13.6. The number of likely N-dealkylation sites (tertiary alicyclic amines) is 1. The van der Waals surface area contributed by atoms with E-state index in [-0.39, 0.29) is 35.7 Å². The molecule has 0 bridgehead atoms. The van der Waals surface area contributed by atoms with Crippen LogP contribution in [0.1, 0.15) is 30.4 Å². The number of carbonyl (C=O) groups is 1. The summed E-state index contributed by atoms with van der Waals surface area (Å²) in [7, 11) is 1.76. The van der Waals surface area contributed by atoms with Crippen LogP contribution in [0.15, 0.2) is 58.4 Å². The van der Waals surface area contributed by atoms with E-state index in [1.54, 1.807) is 18.8 Å². The molecule has 0 radical (unpaired) electrons. The van der Waals surface area contributed by atoms with Crippen LogP contribution in [0.25, 0.3) is 0 Å². The van der Waals surface area contributed by atoms with Gasteiger partial charge >= 0.3 is 0 Å². The van der Waals surface area contributed by atoms with Crippen LogP contribution in [0.5, 0.6) is 0 Å². The van der Waals surface area contributed by atoms with Gasteiger partial charge in [-0.1, -0.05) is 24.3 Å². The van der Waals surface area contributed by atoms with Gasteiger partial charge in [-0.2, -0.15) is 0 Å². The molecule has 1 heterocycles. The number of hydrogen-bond donors (Lipinski definition) is 2. The molecule has 0 saturated carbocycles. The van der Waals surface area contributed by atoms with Crippen molar-refractivity contribution in [3.8, 4) is 0 Å². The maximum atomic E-state index is 12.9. The number of aliphatic imine (C=N–C) groups is 1. The quantitative estimate of drug-likeness (QED) is 0.158. The van der Waals surface area contributed by atoms with Crippen molar-refractivity contribution in [2.24, 2.45) is 4.99 Å². The SMILES string of the molecule is CN=C(NCCCSc1ccc(F)cc1)NCc1cccc(CN2CCCC2=O)c1.I. The average molecular weight is 556 g/mol. The molecule has 2 aromatic rings. The molecule has 31 heavy (non-hydrogen) atoms. The topological polar surface area (TPSA) is 56.7 Å². The third kappa shape index (κ3) is 8.68. The minimum Gasteiger partial charge on any atom is -0.356 e. The molecule has 1 aliphatic rings. The van der Waals surface area contributed by atoms with Crippen LogP contribution < -0.4 is 10.6 Å². The highest BCUT2D eigenvalue weighted by Gasteiger charge is 2.19. The van der Waals surface area contributed by atoms with Crippen LogP contribution in [0.2, 0.25) is 0 Å². The summed E-state index contributed by atoms with van der Waals surface area (Å²) in [5.74, 6) is 1.76. The Kier molecular flexibility index (Phi) is 11.1. The first-order valence-corrected chi connectivity index (χ1v) is 11.3. The first-order chi connectivity index (χ1) is 14.6. The number of benzene rings is 2. The van der Waals surface area contributed by atoms with E-state index in [1.165, 1.54) is 12.1 Å². The van der Waals surface area contributed by atoms with Gasteiger partial charge in [-0.05, 0) is 54.0 Å². The summed E-state index contributed by atoms with van der Waals surface area (Å²) in [6, 6.07) is 14.9. The lowest BCUT2D eigenvalue weighted by Gasteiger charge is -2.16. The first-order valence-electron chi connectivity index (χ1n) is 10.3. The van der Waals surface area contributed by atoms with Crippen molar-refractivity contribution in [1.29, 1.82) is 0 Å². The van der Waals surface area contributed by atoms with Crippen LogP contribution in [0, 0.1) is 5.82 Å². The number of nitrogens with zero attached hydrogens (tertiary/aromatic N) is 2. The maximum Gasteiger partial charge on any atom is 0.222 e. The van der Waals surface area contributed by atoms with E-state index in [1.807, 2.05) is 23.1 Å². The summed E-state index contributed by atoms with van der Waals surface area (Å²) >= 11 is 1.72. The van der Waals surface area contributed by atoms with E-state index in [0.29, 0.717) is 19.5 Å². The van der Waals surface area contributed by atoms with Crippen molar-refractivity contribution < 1.29 is 9.18 Å². The summed E-state index contributed by atoms with van der Waals surface area (Å²) in [5, 5.41) is 6.67. The van der Waals surface area contributed by atoms with Crippen LogP contribution in [-0.4, -0.2) is 42.7 Å². The molecule has 0 atom stereocenters. The fraction of sp³-hybridized carbons (Fsp3) is 0.391. The van der Waals surface area contributed by atoms with Gasteiger partial charge < -0.3 is 15.5 Å². The van der Waals surface area contributed by atoms with E-state index in [0.717, 1.165) is 53.7 Å². The van der Waals surface area contributed by atoms with Crippen molar-refractivity contribution in [3.05, 3.63) is 65.5 Å². The van der Waals surface area contributed by atoms with E-state index < -0.39 is 0 Å². The van der Waals surface area contributed by atoms with Gasteiger partial charge in [0.05, 0.1) is 0 Å². The lowest BCUT2D eigenvalue weighted by Crippen LogP contribution is -2.37. The Bertz CT molecular complexity index is 863. The molecule has 0 spiro atoms. The molecule has 1 amide bonds. The zero-order chi connectivity index (χ0) is 21.2. The van der Waals surface area contributed by atoms with Gasteiger partial charge in [-0.25, -0.2) is 4.39 Å². The molecule has 5 nitrogen and oxygen atoms in total. The zero-order valence-corrected chi connectivity index (χ0v) is 20.9. The number of nitrogens with one attached hydrogen (secondary N) is 2. The first kappa shape index (κ1) is 25.5. The van der Waals surface area contributed by atoms with Gasteiger partial charge in [0.1, 0.15) is 5.82 Å². The standard InChI is InChI=1S/C23H29FN4OS.HI/c1-25-23(26-12-4-14-30-21-10-8-20(24)9-11-21)27-16-18-5-2-6-19(15-18)17-28-13-3-7-22(28)29;/h2,5-6,8-11,15H,3-4,7,12-14,16-17H2,1H3,(H2,25,26,27);1H. The zero-order valence-electron chi connectivity index (χ0n) is 17.8. The number of guanidine groups is 1. The molecule has 2 aromatic carbocycles. The Morgan fingerprint density at radius 2 is 1.94 bits per heavy atom. The van der Waals surface area contributed by atoms with Gasteiger partial charge in [0, 0.05) is 44.5 Å². The monoisotopic (exact) mass is 556 g/mol. The Morgan fingerprint density at radius 3 is 2.65 bits per heavy atom. The summed E-state index contributed by atoms with van der Waals surface area (Å²) < 4.78 is 12.9. The molecular weight excluding hydrogens is 526 g/mol. The summed E-state index contributed by atoms with van der Waals surface area (Å²) in [5.41, 5.74) is 2.32. The van der Waals surface area contributed by atoms with Crippen molar-refractivity contribution >= 4 is 47.6 Å². The summed E-state index contributed by atoms with van der Waals surface area (Å²) in [4.78, 5) is 19.1. The second-order valence-corrected chi connectivity index (χ2v) is 8.42. The maximum absolute atomic E-state index is 12.9. The van der Waals surface area contributed by atoms with Crippen LogP contribution in [0.4, 0.5) is 4.39 Å². The Hall–Kier alpha value is -1.81. The fourth-order valence-electron chi connectivity index (χ4n) is 3.34. The van der Waals surface area contributed by atoms with Gasteiger partial charge in [0.15, 0.2) is 5.96 Å². The largest absolute Gasteiger partial charge is 0.356 e. The molecule has 0 aliphatic carbocycles. The highest BCUT2D eigenvalue weighted by atomic mass is 127. The van der Waals surface area contributed by atoms with Crippen LogP contribution in [0.3, 0.4) is 0 Å². The van der Waals surface area contributed by atoms with Gasteiger partial charge in [0.2, 0.25) is 5.91 Å². The number of halogens is 2. The summed E-state index contributed by atoms with van der Waals surface area (Å²) in [6.45, 7) is 3.03. The lowest BCUT2D eigenvalue weighted by atomic mass is 10.1. The molecule has 1 saturated heterocycles. The highest BCUT2D eigenvalue weighted by molar-refractivity contribution is 14.0. The summed E-state index contributed by atoms with van der Waals surface area (Å²) in [6.07, 6.45) is 2.61. The van der Waals surface area contributed by atoms with Crippen molar-refractivity contribution in [2.45, 2.75) is 37.2 Å². The number of hydrogen-bond acceptors (Lipinski definition) is 3. The van der Waals surface area contributed by atoms with Gasteiger partial charge in [0.25, 0.3) is 0 Å². The average Bonchev–Trinajstić information content (AvgIpc) is 3.16. The van der Waals surface area contributed by atoms with Crippen molar-refractivity contribution in [1.82, 2.24) is 15.5 Å². The normalized spacial score (nSPS) is 13.8. The number of thioether (sulfide) groups is 1. The van der Waals surface area contributed by atoms with Crippen LogP contribution >= 0.6 is 35.7 Å². The lowest BCUT2D eigenvalue weighted by molar-refractivity contribution is -0.128. The molecule has 3 rings (SSSR count). The predicted molar refractivity (Wildman–Crippen MR) is 136 cm³/mol. The third-order valence-electron chi connectivity index (χ3n) is 4.92. The number of rotatable bonds is 9. The van der Waals surface area contributed by atoms with E-state index in [2.05, 4.69) is 33.8 Å². The molecule has 168 valence electrons. The van der Waals surface area contributed by atoms with Gasteiger partial charge in [-0.3, -0.25) is 9.79 Å². The number of carbonyl (C=O) groups excluding carboxylic acids is 1. The van der Waals surface area contributed by atoms with Crippen LogP contribution in [-0.2, 0) is 17.9 Å². The highest BCUT2D eigenvalue weighted by Crippen LogP contribution is 2.18. The Morgan fingerprint density at radius 1 is 1.16 bits per heavy atom. The van der Waals surface area contributed by atoms with E-state index >= 15 is 0 Å².